The molecule has 1 saturated carbocycles. The average molecular weight is 286 g/mol. The van der Waals surface area contributed by atoms with Crippen LogP contribution in [0.25, 0.3) is 0 Å². The lowest BCUT2D eigenvalue weighted by Gasteiger charge is -2.35. The van der Waals surface area contributed by atoms with Gasteiger partial charge in [0.2, 0.25) is 10.0 Å². The second-order valence-corrected chi connectivity index (χ2v) is 7.44. The molecule has 1 aliphatic carbocycles. The van der Waals surface area contributed by atoms with Gasteiger partial charge in [0.05, 0.1) is 0 Å². The standard InChI is InChI=1S/C13H22N2O3S/c1-9-7-5-6-8-12(9)15(4)19(16,17)13-10(2)14-18-11(13)3/h9,12H,5-8H2,1-4H3/t9-,12+/m1/s1. The highest BCUT2D eigenvalue weighted by Crippen LogP contribution is 2.32. The van der Waals surface area contributed by atoms with Gasteiger partial charge < -0.3 is 4.52 Å². The van der Waals surface area contributed by atoms with Gasteiger partial charge >= 0.3 is 0 Å². The van der Waals surface area contributed by atoms with E-state index in [1.54, 1.807) is 20.9 Å². The van der Waals surface area contributed by atoms with Crippen LogP contribution in [0.1, 0.15) is 44.1 Å². The fourth-order valence-electron chi connectivity index (χ4n) is 3.00. The van der Waals surface area contributed by atoms with Crippen molar-refractivity contribution in [3.63, 3.8) is 0 Å². The van der Waals surface area contributed by atoms with Gasteiger partial charge in [-0.2, -0.15) is 4.31 Å². The molecule has 1 aromatic heterocycles. The molecule has 0 radical (unpaired) electrons. The molecule has 108 valence electrons. The van der Waals surface area contributed by atoms with Crippen LogP contribution < -0.4 is 0 Å². The SMILES string of the molecule is Cc1noc(C)c1S(=O)(=O)N(C)[C@H]1CCCC[C@H]1C. The molecule has 0 aromatic carbocycles. The summed E-state index contributed by atoms with van der Waals surface area (Å²) in [6.45, 7) is 5.44. The van der Waals surface area contributed by atoms with Gasteiger partial charge in [0.25, 0.3) is 0 Å². The molecular formula is C13H22N2O3S. The second-order valence-electron chi connectivity index (χ2n) is 5.50. The largest absolute Gasteiger partial charge is 0.360 e. The monoisotopic (exact) mass is 286 g/mol. The molecule has 0 aliphatic heterocycles. The van der Waals surface area contributed by atoms with E-state index in [1.165, 1.54) is 10.7 Å². The highest BCUT2D eigenvalue weighted by Gasteiger charge is 2.36. The Hall–Kier alpha value is -0.880. The maximum Gasteiger partial charge on any atom is 0.248 e. The van der Waals surface area contributed by atoms with Gasteiger partial charge in [-0.3, -0.25) is 0 Å². The molecule has 0 saturated heterocycles. The van der Waals surface area contributed by atoms with Crippen molar-refractivity contribution in [2.45, 2.75) is 57.4 Å². The highest BCUT2D eigenvalue weighted by molar-refractivity contribution is 7.89. The van der Waals surface area contributed by atoms with E-state index in [1.807, 2.05) is 0 Å². The van der Waals surface area contributed by atoms with Crippen molar-refractivity contribution in [1.29, 1.82) is 0 Å². The topological polar surface area (TPSA) is 63.4 Å². The van der Waals surface area contributed by atoms with Crippen LogP contribution in [-0.4, -0.2) is 31.0 Å². The van der Waals surface area contributed by atoms with E-state index in [9.17, 15) is 8.42 Å². The molecule has 1 heterocycles. The summed E-state index contributed by atoms with van der Waals surface area (Å²) in [5.41, 5.74) is 0.438. The molecule has 0 bridgehead atoms. The molecule has 19 heavy (non-hydrogen) atoms. The quantitative estimate of drug-likeness (QED) is 0.856. The Morgan fingerprint density at radius 1 is 1.26 bits per heavy atom. The highest BCUT2D eigenvalue weighted by atomic mass is 32.2. The fourth-order valence-corrected chi connectivity index (χ4v) is 4.77. The predicted octanol–water partition coefficient (Wildman–Crippen LogP) is 2.49. The summed E-state index contributed by atoms with van der Waals surface area (Å²) >= 11 is 0. The Bertz CT molecular complexity index is 531. The second kappa shape index (κ2) is 5.25. The molecule has 2 atom stereocenters. The van der Waals surface area contributed by atoms with E-state index in [-0.39, 0.29) is 10.9 Å². The summed E-state index contributed by atoms with van der Waals surface area (Å²) in [4.78, 5) is 0.229. The van der Waals surface area contributed by atoms with E-state index < -0.39 is 10.0 Å². The first-order valence-corrected chi connectivity index (χ1v) is 8.20. The molecule has 1 fully saturated rings. The number of nitrogens with zero attached hydrogens (tertiary/aromatic N) is 2. The summed E-state index contributed by atoms with van der Waals surface area (Å²) in [5.74, 6) is 0.766. The number of aryl methyl sites for hydroxylation is 2. The molecule has 0 N–H and O–H groups in total. The van der Waals surface area contributed by atoms with Gasteiger partial charge in [-0.05, 0) is 32.6 Å². The van der Waals surface area contributed by atoms with Gasteiger partial charge in [0.15, 0.2) is 5.76 Å². The van der Waals surface area contributed by atoms with Crippen LogP contribution in [0.15, 0.2) is 9.42 Å². The van der Waals surface area contributed by atoms with E-state index >= 15 is 0 Å². The summed E-state index contributed by atoms with van der Waals surface area (Å²) < 4.78 is 31.9. The van der Waals surface area contributed by atoms with Crippen LogP contribution in [0, 0.1) is 19.8 Å². The Morgan fingerprint density at radius 2 is 1.89 bits per heavy atom. The first-order chi connectivity index (χ1) is 8.85. The van der Waals surface area contributed by atoms with E-state index in [0.717, 1.165) is 19.3 Å². The van der Waals surface area contributed by atoms with Crippen molar-refractivity contribution < 1.29 is 12.9 Å². The first-order valence-electron chi connectivity index (χ1n) is 6.76. The van der Waals surface area contributed by atoms with E-state index in [0.29, 0.717) is 17.4 Å². The lowest BCUT2D eigenvalue weighted by Crippen LogP contribution is -2.42. The number of aromatic nitrogens is 1. The van der Waals surface area contributed by atoms with Gasteiger partial charge in [-0.15, -0.1) is 0 Å². The normalized spacial score (nSPS) is 24.9. The first kappa shape index (κ1) is 14.5. The maximum absolute atomic E-state index is 12.7. The van der Waals surface area contributed by atoms with Crippen molar-refractivity contribution in [1.82, 2.24) is 9.46 Å². The zero-order valence-electron chi connectivity index (χ0n) is 12.0. The number of rotatable bonds is 3. The summed E-state index contributed by atoms with van der Waals surface area (Å²) in [6, 6.07) is 0.0763. The number of hydrogen-bond donors (Lipinski definition) is 0. The van der Waals surface area contributed by atoms with Crippen LogP contribution in [0.5, 0.6) is 0 Å². The minimum Gasteiger partial charge on any atom is -0.360 e. The maximum atomic E-state index is 12.7. The zero-order valence-corrected chi connectivity index (χ0v) is 12.8. The van der Waals surface area contributed by atoms with Crippen LogP contribution in [-0.2, 0) is 10.0 Å². The average Bonchev–Trinajstić information content (AvgIpc) is 2.69. The summed E-state index contributed by atoms with van der Waals surface area (Å²) in [6.07, 6.45) is 4.31. The molecule has 0 spiro atoms. The molecular weight excluding hydrogens is 264 g/mol. The molecule has 2 rings (SSSR count). The van der Waals surface area contributed by atoms with Gasteiger partial charge in [0.1, 0.15) is 10.6 Å². The molecule has 1 aromatic rings. The molecule has 1 aliphatic rings. The molecule has 0 amide bonds. The van der Waals surface area contributed by atoms with Crippen molar-refractivity contribution in [3.8, 4) is 0 Å². The predicted molar refractivity (Wildman–Crippen MR) is 72.3 cm³/mol. The van der Waals surface area contributed by atoms with Crippen molar-refractivity contribution in [2.24, 2.45) is 5.92 Å². The molecule has 5 nitrogen and oxygen atoms in total. The van der Waals surface area contributed by atoms with Gasteiger partial charge in [0, 0.05) is 13.1 Å². The Kier molecular flexibility index (Phi) is 4.01. The van der Waals surface area contributed by atoms with E-state index in [2.05, 4.69) is 12.1 Å². The lowest BCUT2D eigenvalue weighted by atomic mass is 9.86. The van der Waals surface area contributed by atoms with Crippen molar-refractivity contribution in [2.75, 3.05) is 7.05 Å². The van der Waals surface area contributed by atoms with Gasteiger partial charge in [-0.1, -0.05) is 24.9 Å². The smallest absolute Gasteiger partial charge is 0.248 e. The minimum absolute atomic E-state index is 0.0763. The van der Waals surface area contributed by atoms with Crippen LogP contribution in [0.2, 0.25) is 0 Å². The van der Waals surface area contributed by atoms with Crippen molar-refractivity contribution >= 4 is 10.0 Å². The van der Waals surface area contributed by atoms with E-state index in [4.69, 9.17) is 4.52 Å². The Morgan fingerprint density at radius 3 is 2.42 bits per heavy atom. The Labute approximate surface area is 115 Å². The van der Waals surface area contributed by atoms with Crippen LogP contribution in [0.4, 0.5) is 0 Å². The zero-order chi connectivity index (χ0) is 14.2. The Balaban J connectivity index is 2.34. The molecule has 0 unspecified atom stereocenters. The van der Waals surface area contributed by atoms with Crippen molar-refractivity contribution in [3.05, 3.63) is 11.5 Å². The fraction of sp³-hybridized carbons (Fsp3) is 0.769. The lowest BCUT2D eigenvalue weighted by molar-refractivity contribution is 0.213. The number of sulfonamides is 1. The summed E-state index contributed by atoms with van der Waals surface area (Å²) in [7, 11) is -1.84. The number of hydrogen-bond acceptors (Lipinski definition) is 4. The third-order valence-corrected chi connectivity index (χ3v) is 6.27. The third-order valence-electron chi connectivity index (χ3n) is 4.14. The third kappa shape index (κ3) is 2.56. The summed E-state index contributed by atoms with van der Waals surface area (Å²) in [5, 5.41) is 3.75. The minimum atomic E-state index is -3.51. The van der Waals surface area contributed by atoms with Crippen LogP contribution >= 0.6 is 0 Å². The van der Waals surface area contributed by atoms with Gasteiger partial charge in [-0.25, -0.2) is 8.42 Å². The molecule has 6 heteroatoms. The van der Waals surface area contributed by atoms with Crippen LogP contribution in [0.3, 0.4) is 0 Å².